The number of hydrogen-bond donors (Lipinski definition) is 2. The van der Waals surface area contributed by atoms with Crippen LogP contribution >= 0.6 is 0 Å². The Bertz CT molecular complexity index is 438. The van der Waals surface area contributed by atoms with Gasteiger partial charge >= 0.3 is 0 Å². The molecule has 0 aromatic rings. The van der Waals surface area contributed by atoms with Crippen molar-refractivity contribution in [3.8, 4) is 0 Å². The molecule has 3 N–H and O–H groups in total. The van der Waals surface area contributed by atoms with Gasteiger partial charge in [0.1, 0.15) is 0 Å². The molecule has 0 aromatic heterocycles. The molecule has 0 saturated carbocycles. The van der Waals surface area contributed by atoms with E-state index >= 15 is 0 Å². The van der Waals surface area contributed by atoms with Crippen LogP contribution in [0.4, 0.5) is 0 Å². The number of rotatable bonds is 4. The highest BCUT2D eigenvalue weighted by molar-refractivity contribution is 5.87. The number of carbonyl (C=O) groups excluding carboxylic acids is 3. The van der Waals surface area contributed by atoms with E-state index in [1.807, 2.05) is 18.7 Å². The number of hydrogen-bond acceptors (Lipinski definition) is 4. The molecule has 0 spiro atoms. The zero-order chi connectivity index (χ0) is 15.6. The van der Waals surface area contributed by atoms with E-state index in [4.69, 9.17) is 5.73 Å². The minimum atomic E-state index is -0.595. The maximum atomic E-state index is 12.1. The van der Waals surface area contributed by atoms with Gasteiger partial charge in [-0.1, -0.05) is 13.8 Å². The van der Waals surface area contributed by atoms with Crippen LogP contribution in [-0.2, 0) is 14.4 Å². The number of carbonyl (C=O) groups is 3. The van der Waals surface area contributed by atoms with Crippen LogP contribution in [-0.4, -0.2) is 65.8 Å². The van der Waals surface area contributed by atoms with Gasteiger partial charge in [-0.05, 0) is 12.3 Å². The Hall–Kier alpha value is -1.63. The molecule has 2 atom stereocenters. The van der Waals surface area contributed by atoms with Crippen molar-refractivity contribution in [3.05, 3.63) is 0 Å². The monoisotopic (exact) mass is 296 g/mol. The number of nitrogens with one attached hydrogen (secondary N) is 1. The van der Waals surface area contributed by atoms with Crippen molar-refractivity contribution in [2.24, 2.45) is 11.7 Å². The zero-order valence-corrected chi connectivity index (χ0v) is 12.7. The molecule has 118 valence electrons. The van der Waals surface area contributed by atoms with Gasteiger partial charge < -0.3 is 20.9 Å². The van der Waals surface area contributed by atoms with Crippen molar-refractivity contribution in [1.82, 2.24) is 15.1 Å². The van der Waals surface area contributed by atoms with Crippen LogP contribution in [0.25, 0.3) is 0 Å². The summed E-state index contributed by atoms with van der Waals surface area (Å²) < 4.78 is 0. The quantitative estimate of drug-likeness (QED) is 0.690. The summed E-state index contributed by atoms with van der Waals surface area (Å²) in [5.74, 6) is -0.192. The van der Waals surface area contributed by atoms with Gasteiger partial charge in [0, 0.05) is 32.1 Å². The largest absolute Gasteiger partial charge is 0.346 e. The van der Waals surface area contributed by atoms with Gasteiger partial charge in [-0.3, -0.25) is 14.4 Å². The third-order valence-electron chi connectivity index (χ3n) is 4.28. The van der Waals surface area contributed by atoms with Crippen molar-refractivity contribution in [3.63, 3.8) is 0 Å². The molecule has 3 amide bonds. The van der Waals surface area contributed by atoms with Crippen molar-refractivity contribution in [2.75, 3.05) is 26.2 Å². The molecule has 7 nitrogen and oxygen atoms in total. The van der Waals surface area contributed by atoms with Crippen LogP contribution in [0.2, 0.25) is 0 Å². The Morgan fingerprint density at radius 2 is 2.10 bits per heavy atom. The Morgan fingerprint density at radius 3 is 2.76 bits per heavy atom. The highest BCUT2D eigenvalue weighted by Crippen LogP contribution is 2.22. The van der Waals surface area contributed by atoms with Crippen LogP contribution in [0, 0.1) is 5.92 Å². The van der Waals surface area contributed by atoms with E-state index in [1.165, 1.54) is 0 Å². The second-order valence-corrected chi connectivity index (χ2v) is 6.11. The molecule has 2 rings (SSSR count). The number of nitrogens with two attached hydrogens (primary N) is 1. The fourth-order valence-electron chi connectivity index (χ4n) is 2.79. The Kier molecular flexibility index (Phi) is 4.82. The molecule has 0 aliphatic carbocycles. The molecule has 7 heteroatoms. The van der Waals surface area contributed by atoms with Gasteiger partial charge in [-0.25, -0.2) is 0 Å². The molecular weight excluding hydrogens is 272 g/mol. The summed E-state index contributed by atoms with van der Waals surface area (Å²) in [4.78, 5) is 39.0. The fourth-order valence-corrected chi connectivity index (χ4v) is 2.79. The number of piperazine rings is 1. The number of amides is 3. The second kappa shape index (κ2) is 6.43. The van der Waals surface area contributed by atoms with Crippen LogP contribution in [0.5, 0.6) is 0 Å². The van der Waals surface area contributed by atoms with E-state index in [0.29, 0.717) is 26.1 Å². The van der Waals surface area contributed by atoms with E-state index in [0.717, 1.165) is 6.42 Å². The van der Waals surface area contributed by atoms with Gasteiger partial charge in [0.15, 0.2) is 0 Å². The standard InChI is InChI=1S/C14H24N4O3/c1-9(2)13(15)14(21)16-7-12(20)17-5-6-18-10(8-17)3-4-11(18)19/h9-10,13H,3-8,15H2,1-2H3,(H,16,21)/t10?,13-/m0/s1. The first kappa shape index (κ1) is 15.8. The molecular formula is C14H24N4O3. The number of fused-ring (bicyclic) bond motifs is 1. The van der Waals surface area contributed by atoms with Gasteiger partial charge in [0.25, 0.3) is 0 Å². The second-order valence-electron chi connectivity index (χ2n) is 6.11. The maximum Gasteiger partial charge on any atom is 0.242 e. The average Bonchev–Trinajstić information content (AvgIpc) is 2.84. The van der Waals surface area contributed by atoms with Gasteiger partial charge in [-0.15, -0.1) is 0 Å². The zero-order valence-electron chi connectivity index (χ0n) is 12.7. The Labute approximate surface area is 124 Å². The summed E-state index contributed by atoms with van der Waals surface area (Å²) in [5.41, 5.74) is 5.73. The molecule has 0 radical (unpaired) electrons. The first-order valence-electron chi connectivity index (χ1n) is 7.50. The predicted octanol–water partition coefficient (Wildman–Crippen LogP) is -1.08. The van der Waals surface area contributed by atoms with E-state index in [9.17, 15) is 14.4 Å². The van der Waals surface area contributed by atoms with E-state index in [-0.39, 0.29) is 36.2 Å². The fraction of sp³-hybridized carbons (Fsp3) is 0.786. The molecule has 21 heavy (non-hydrogen) atoms. The minimum absolute atomic E-state index is 0.0279. The summed E-state index contributed by atoms with van der Waals surface area (Å²) in [6, 6.07) is -0.453. The molecule has 0 bridgehead atoms. The van der Waals surface area contributed by atoms with Crippen molar-refractivity contribution >= 4 is 17.7 Å². The molecule has 2 aliphatic rings. The summed E-state index contributed by atoms with van der Waals surface area (Å²) in [6.45, 7) is 5.39. The van der Waals surface area contributed by atoms with Gasteiger partial charge in [0.2, 0.25) is 17.7 Å². The van der Waals surface area contributed by atoms with Gasteiger partial charge in [-0.2, -0.15) is 0 Å². The van der Waals surface area contributed by atoms with Crippen LogP contribution in [0.3, 0.4) is 0 Å². The molecule has 0 aromatic carbocycles. The topological polar surface area (TPSA) is 95.7 Å². The molecule has 2 aliphatic heterocycles. The SMILES string of the molecule is CC(C)[C@H](N)C(=O)NCC(=O)N1CCN2C(=O)CCC2C1. The van der Waals surface area contributed by atoms with Crippen molar-refractivity contribution in [2.45, 2.75) is 38.8 Å². The number of nitrogens with zero attached hydrogens (tertiary/aromatic N) is 2. The average molecular weight is 296 g/mol. The molecule has 1 unspecified atom stereocenters. The first-order chi connectivity index (χ1) is 9.90. The van der Waals surface area contributed by atoms with Crippen molar-refractivity contribution < 1.29 is 14.4 Å². The van der Waals surface area contributed by atoms with Crippen LogP contribution in [0.1, 0.15) is 26.7 Å². The minimum Gasteiger partial charge on any atom is -0.346 e. The predicted molar refractivity (Wildman–Crippen MR) is 77.1 cm³/mol. The Morgan fingerprint density at radius 1 is 1.38 bits per heavy atom. The highest BCUT2D eigenvalue weighted by atomic mass is 16.2. The maximum absolute atomic E-state index is 12.1. The lowest BCUT2D eigenvalue weighted by Gasteiger charge is -2.37. The van der Waals surface area contributed by atoms with E-state index in [2.05, 4.69) is 5.32 Å². The molecule has 2 fully saturated rings. The summed E-state index contributed by atoms with van der Waals surface area (Å²) >= 11 is 0. The lowest BCUT2D eigenvalue weighted by Crippen LogP contribution is -2.55. The summed E-state index contributed by atoms with van der Waals surface area (Å²) in [7, 11) is 0. The lowest BCUT2D eigenvalue weighted by atomic mass is 10.1. The van der Waals surface area contributed by atoms with Crippen molar-refractivity contribution in [1.29, 1.82) is 0 Å². The third-order valence-corrected chi connectivity index (χ3v) is 4.28. The van der Waals surface area contributed by atoms with E-state index in [1.54, 1.807) is 4.90 Å². The third kappa shape index (κ3) is 3.53. The molecule has 2 saturated heterocycles. The summed E-state index contributed by atoms with van der Waals surface area (Å²) in [6.07, 6.45) is 1.39. The normalized spacial score (nSPS) is 23.2. The van der Waals surface area contributed by atoms with Crippen LogP contribution < -0.4 is 11.1 Å². The summed E-state index contributed by atoms with van der Waals surface area (Å²) in [5, 5.41) is 2.59. The smallest absolute Gasteiger partial charge is 0.242 e. The van der Waals surface area contributed by atoms with E-state index < -0.39 is 6.04 Å². The van der Waals surface area contributed by atoms with Crippen LogP contribution in [0.15, 0.2) is 0 Å². The first-order valence-corrected chi connectivity index (χ1v) is 7.50. The molecule has 2 heterocycles. The van der Waals surface area contributed by atoms with Gasteiger partial charge in [0.05, 0.1) is 12.6 Å². The Balaban J connectivity index is 1.79. The lowest BCUT2D eigenvalue weighted by molar-refractivity contribution is -0.139. The highest BCUT2D eigenvalue weighted by Gasteiger charge is 2.36.